The van der Waals surface area contributed by atoms with E-state index in [2.05, 4.69) is 21.5 Å². The molecule has 0 unspecified atom stereocenters. The highest BCUT2D eigenvalue weighted by Gasteiger charge is 2.05. The molecule has 0 saturated heterocycles. The first-order chi connectivity index (χ1) is 8.70. The van der Waals surface area contributed by atoms with Crippen LogP contribution in [0.4, 0.5) is 5.82 Å². The largest absolute Gasteiger partial charge is 0.367 e. The molecule has 0 fully saturated rings. The average Bonchev–Trinajstić information content (AvgIpc) is 2.75. The molecule has 2 rings (SSSR count). The summed E-state index contributed by atoms with van der Waals surface area (Å²) in [5, 5.41) is 16.4. The van der Waals surface area contributed by atoms with E-state index in [-0.39, 0.29) is 0 Å². The van der Waals surface area contributed by atoms with Crippen LogP contribution in [0.1, 0.15) is 16.7 Å². The van der Waals surface area contributed by atoms with Gasteiger partial charge >= 0.3 is 0 Å². The molecule has 0 aliphatic rings. The van der Waals surface area contributed by atoms with Gasteiger partial charge in [0.2, 0.25) is 0 Å². The van der Waals surface area contributed by atoms with Crippen molar-refractivity contribution in [2.45, 2.75) is 20.4 Å². The van der Waals surface area contributed by atoms with Gasteiger partial charge in [-0.1, -0.05) is 0 Å². The van der Waals surface area contributed by atoms with E-state index in [4.69, 9.17) is 5.26 Å². The van der Waals surface area contributed by atoms with Crippen molar-refractivity contribution in [2.24, 2.45) is 0 Å². The van der Waals surface area contributed by atoms with E-state index in [0.29, 0.717) is 17.9 Å². The van der Waals surface area contributed by atoms with Crippen molar-refractivity contribution in [3.8, 4) is 6.07 Å². The second-order valence-corrected chi connectivity index (χ2v) is 4.17. The number of rotatable bonds is 4. The van der Waals surface area contributed by atoms with Crippen molar-refractivity contribution in [3.05, 3.63) is 41.3 Å². The van der Waals surface area contributed by atoms with Gasteiger partial charge in [0.25, 0.3) is 0 Å². The third-order valence-corrected chi connectivity index (χ3v) is 2.67. The van der Waals surface area contributed by atoms with E-state index < -0.39 is 0 Å². The van der Waals surface area contributed by atoms with E-state index in [0.717, 1.165) is 17.7 Å². The molecule has 5 nitrogen and oxygen atoms in total. The quantitative estimate of drug-likeness (QED) is 0.887. The first-order valence-corrected chi connectivity index (χ1v) is 5.79. The zero-order valence-electron chi connectivity index (χ0n) is 10.5. The van der Waals surface area contributed by atoms with E-state index in [1.807, 2.05) is 37.0 Å². The van der Waals surface area contributed by atoms with Gasteiger partial charge in [-0.05, 0) is 31.0 Å². The summed E-state index contributed by atoms with van der Waals surface area (Å²) in [6.45, 7) is 5.34. The minimum absolute atomic E-state index is 0.606. The van der Waals surface area contributed by atoms with Crippen molar-refractivity contribution < 1.29 is 0 Å². The fourth-order valence-electron chi connectivity index (χ4n) is 1.71. The first kappa shape index (κ1) is 12.1. The average molecular weight is 241 g/mol. The molecule has 2 aromatic rings. The van der Waals surface area contributed by atoms with E-state index in [1.54, 1.807) is 6.20 Å². The maximum Gasteiger partial charge on any atom is 0.144 e. The number of anilines is 1. The molecule has 0 bridgehead atoms. The lowest BCUT2D eigenvalue weighted by molar-refractivity contribution is 0.636. The number of hydrogen-bond acceptors (Lipinski definition) is 4. The molecule has 0 saturated carbocycles. The first-order valence-electron chi connectivity index (χ1n) is 5.79. The van der Waals surface area contributed by atoms with Crippen molar-refractivity contribution in [1.29, 1.82) is 5.26 Å². The van der Waals surface area contributed by atoms with Crippen LogP contribution in [0.3, 0.4) is 0 Å². The molecule has 2 aromatic heterocycles. The summed E-state index contributed by atoms with van der Waals surface area (Å²) < 4.78 is 1.87. The second kappa shape index (κ2) is 5.32. The molecule has 92 valence electrons. The molecule has 18 heavy (non-hydrogen) atoms. The maximum atomic E-state index is 9.07. The summed E-state index contributed by atoms with van der Waals surface area (Å²) in [7, 11) is 0. The molecule has 0 aliphatic heterocycles. The molecule has 0 amide bonds. The molecule has 5 heteroatoms. The van der Waals surface area contributed by atoms with Crippen LogP contribution in [-0.4, -0.2) is 21.3 Å². The van der Waals surface area contributed by atoms with Crippen LogP contribution in [0.15, 0.2) is 24.7 Å². The Balaban J connectivity index is 1.99. The Morgan fingerprint density at radius 3 is 2.94 bits per heavy atom. The normalized spacial score (nSPS) is 10.1. The smallest absolute Gasteiger partial charge is 0.144 e. The lowest BCUT2D eigenvalue weighted by atomic mass is 10.1. The topological polar surface area (TPSA) is 66.5 Å². The highest BCUT2D eigenvalue weighted by atomic mass is 15.3. The van der Waals surface area contributed by atoms with Crippen LogP contribution in [0, 0.1) is 25.2 Å². The Labute approximate surface area is 106 Å². The Kier molecular flexibility index (Phi) is 3.58. The Bertz CT molecular complexity index is 579. The van der Waals surface area contributed by atoms with Gasteiger partial charge in [0.15, 0.2) is 0 Å². The number of aryl methyl sites for hydroxylation is 2. The van der Waals surface area contributed by atoms with E-state index in [1.165, 1.54) is 0 Å². The maximum absolute atomic E-state index is 9.07. The van der Waals surface area contributed by atoms with Crippen molar-refractivity contribution >= 4 is 5.82 Å². The lowest BCUT2D eigenvalue weighted by Gasteiger charge is -2.08. The monoisotopic (exact) mass is 241 g/mol. The molecule has 2 heterocycles. The van der Waals surface area contributed by atoms with Crippen LogP contribution < -0.4 is 5.32 Å². The summed E-state index contributed by atoms with van der Waals surface area (Å²) >= 11 is 0. The molecule has 0 atom stereocenters. The lowest BCUT2D eigenvalue weighted by Crippen LogP contribution is -2.12. The summed E-state index contributed by atoms with van der Waals surface area (Å²) in [4.78, 5) is 4.18. The minimum Gasteiger partial charge on any atom is -0.367 e. The minimum atomic E-state index is 0.606. The molecular formula is C13H15N5. The van der Waals surface area contributed by atoms with Gasteiger partial charge < -0.3 is 5.32 Å². The van der Waals surface area contributed by atoms with Gasteiger partial charge in [-0.15, -0.1) is 0 Å². The molecule has 1 N–H and O–H groups in total. The van der Waals surface area contributed by atoms with Crippen molar-refractivity contribution in [2.75, 3.05) is 11.9 Å². The molecule has 0 radical (unpaired) electrons. The molecular weight excluding hydrogens is 226 g/mol. The molecule has 0 aromatic carbocycles. The van der Waals surface area contributed by atoms with Gasteiger partial charge in [0.05, 0.1) is 18.3 Å². The van der Waals surface area contributed by atoms with Crippen LogP contribution >= 0.6 is 0 Å². The highest BCUT2D eigenvalue weighted by Crippen LogP contribution is 2.14. The van der Waals surface area contributed by atoms with Gasteiger partial charge in [-0.3, -0.25) is 4.68 Å². The number of nitriles is 1. The van der Waals surface area contributed by atoms with Gasteiger partial charge in [-0.2, -0.15) is 10.4 Å². The number of nitrogens with one attached hydrogen (secondary N) is 1. The summed E-state index contributed by atoms with van der Waals surface area (Å²) in [6.07, 6.45) is 5.51. The summed E-state index contributed by atoms with van der Waals surface area (Å²) in [5.41, 5.74) is 2.68. The second-order valence-electron chi connectivity index (χ2n) is 4.17. The van der Waals surface area contributed by atoms with Gasteiger partial charge in [-0.25, -0.2) is 4.98 Å². The fraction of sp³-hybridized carbons (Fsp3) is 0.308. The number of pyridine rings is 1. The zero-order chi connectivity index (χ0) is 13.0. The van der Waals surface area contributed by atoms with Gasteiger partial charge in [0.1, 0.15) is 11.9 Å². The Morgan fingerprint density at radius 2 is 2.28 bits per heavy atom. The number of nitrogens with zero attached hydrogens (tertiary/aromatic N) is 4. The zero-order valence-corrected chi connectivity index (χ0v) is 10.5. The van der Waals surface area contributed by atoms with Crippen LogP contribution in [-0.2, 0) is 6.54 Å². The van der Waals surface area contributed by atoms with E-state index >= 15 is 0 Å². The number of hydrogen-bond donors (Lipinski definition) is 1. The SMILES string of the molecule is Cc1cnn(CCNc2nccc(C)c2C#N)c1. The van der Waals surface area contributed by atoms with Crippen LogP contribution in [0.5, 0.6) is 0 Å². The standard InChI is InChI=1S/C13H15N5/c1-10-8-17-18(9-10)6-5-16-13-12(7-14)11(2)3-4-15-13/h3-4,8-9H,5-6H2,1-2H3,(H,15,16). The van der Waals surface area contributed by atoms with Crippen LogP contribution in [0.25, 0.3) is 0 Å². The highest BCUT2D eigenvalue weighted by molar-refractivity contribution is 5.55. The predicted molar refractivity (Wildman–Crippen MR) is 69.1 cm³/mol. The summed E-state index contributed by atoms with van der Waals surface area (Å²) in [5.74, 6) is 0.640. The third-order valence-electron chi connectivity index (χ3n) is 2.67. The predicted octanol–water partition coefficient (Wildman–Crippen LogP) is 1.88. The third kappa shape index (κ3) is 2.66. The van der Waals surface area contributed by atoms with Crippen molar-refractivity contribution in [1.82, 2.24) is 14.8 Å². The summed E-state index contributed by atoms with van der Waals surface area (Å²) in [6, 6.07) is 4.00. The van der Waals surface area contributed by atoms with Crippen LogP contribution in [0.2, 0.25) is 0 Å². The Morgan fingerprint density at radius 1 is 1.44 bits per heavy atom. The Hall–Kier alpha value is -2.35. The fourth-order valence-corrected chi connectivity index (χ4v) is 1.71. The molecule has 0 spiro atoms. The van der Waals surface area contributed by atoms with Gasteiger partial charge in [0, 0.05) is 18.9 Å². The van der Waals surface area contributed by atoms with E-state index in [9.17, 15) is 0 Å². The number of aromatic nitrogens is 3. The van der Waals surface area contributed by atoms with Crippen molar-refractivity contribution in [3.63, 3.8) is 0 Å². The molecule has 0 aliphatic carbocycles.